The summed E-state index contributed by atoms with van der Waals surface area (Å²) in [6, 6.07) is 10.4. The van der Waals surface area contributed by atoms with Crippen molar-refractivity contribution in [3.63, 3.8) is 0 Å². The minimum atomic E-state index is -0.443. The zero-order valence-corrected chi connectivity index (χ0v) is 15.2. The highest BCUT2D eigenvalue weighted by Crippen LogP contribution is 2.26. The van der Waals surface area contributed by atoms with Gasteiger partial charge in [0, 0.05) is 17.3 Å². The predicted molar refractivity (Wildman–Crippen MR) is 97.4 cm³/mol. The quantitative estimate of drug-likeness (QED) is 0.793. The lowest BCUT2D eigenvalue weighted by Gasteiger charge is -2.32. The molecule has 1 aliphatic heterocycles. The van der Waals surface area contributed by atoms with Crippen LogP contribution in [0, 0.1) is 6.92 Å². The number of methoxy groups -OCH3 is 1. The van der Waals surface area contributed by atoms with Crippen molar-refractivity contribution >= 4 is 5.97 Å². The number of carbonyl (C=O) groups excluding carboxylic acids is 1. The molecule has 0 N–H and O–H groups in total. The molecule has 2 aromatic rings. The van der Waals surface area contributed by atoms with Crippen molar-refractivity contribution in [3.8, 4) is 11.4 Å². The lowest BCUT2D eigenvalue weighted by atomic mass is 10.0. The van der Waals surface area contributed by atoms with Crippen LogP contribution in [0.25, 0.3) is 11.4 Å². The van der Waals surface area contributed by atoms with Crippen molar-refractivity contribution in [3.05, 3.63) is 47.3 Å². The van der Waals surface area contributed by atoms with Gasteiger partial charge < -0.3 is 4.74 Å². The molecule has 0 saturated carbocycles. The summed E-state index contributed by atoms with van der Waals surface area (Å²) in [5, 5.41) is 0. The molecule has 5 heteroatoms. The van der Waals surface area contributed by atoms with Crippen molar-refractivity contribution in [2.24, 2.45) is 0 Å². The van der Waals surface area contributed by atoms with Crippen LogP contribution in [0.1, 0.15) is 54.0 Å². The molecule has 0 bridgehead atoms. The first-order chi connectivity index (χ1) is 12.1. The average Bonchev–Trinajstić information content (AvgIpc) is 2.67. The highest BCUT2D eigenvalue weighted by Gasteiger charge is 2.18. The van der Waals surface area contributed by atoms with E-state index >= 15 is 0 Å². The number of aryl methyl sites for hydroxylation is 1. The molecule has 0 spiro atoms. The molecule has 132 valence electrons. The standard InChI is InChI=1S/C20H25N3O2/c1-14-13-18(20(24)25-3)22-19(21-14)17-9-7-16(8-10-17)15(2)23-11-5-4-6-12-23/h7-10,13,15H,4-6,11-12H2,1-3H3. The third-order valence-electron chi connectivity index (χ3n) is 4.84. The van der Waals surface area contributed by atoms with E-state index in [1.54, 1.807) is 6.07 Å². The second kappa shape index (κ2) is 7.74. The van der Waals surface area contributed by atoms with Gasteiger partial charge in [-0.25, -0.2) is 14.8 Å². The lowest BCUT2D eigenvalue weighted by Crippen LogP contribution is -2.32. The van der Waals surface area contributed by atoms with Crippen molar-refractivity contribution in [1.82, 2.24) is 14.9 Å². The Morgan fingerprint density at radius 1 is 1.12 bits per heavy atom. The van der Waals surface area contributed by atoms with Crippen LogP contribution in [0.5, 0.6) is 0 Å². The maximum Gasteiger partial charge on any atom is 0.356 e. The SMILES string of the molecule is COC(=O)c1cc(C)nc(-c2ccc(C(C)N3CCCCC3)cc2)n1. The molecule has 1 aromatic heterocycles. The van der Waals surface area contributed by atoms with E-state index in [0.717, 1.165) is 11.3 Å². The second-order valence-corrected chi connectivity index (χ2v) is 6.60. The van der Waals surface area contributed by atoms with Gasteiger partial charge in [0.15, 0.2) is 11.5 Å². The highest BCUT2D eigenvalue weighted by atomic mass is 16.5. The van der Waals surface area contributed by atoms with E-state index in [2.05, 4.69) is 33.9 Å². The molecule has 0 aliphatic carbocycles. The number of esters is 1. The van der Waals surface area contributed by atoms with Crippen LogP contribution in [-0.4, -0.2) is 41.0 Å². The summed E-state index contributed by atoms with van der Waals surface area (Å²) in [7, 11) is 1.36. The fourth-order valence-electron chi connectivity index (χ4n) is 3.33. The number of hydrogen-bond donors (Lipinski definition) is 0. The van der Waals surface area contributed by atoms with Crippen LogP contribution >= 0.6 is 0 Å². The highest BCUT2D eigenvalue weighted by molar-refractivity contribution is 5.87. The summed E-state index contributed by atoms with van der Waals surface area (Å²) >= 11 is 0. The Morgan fingerprint density at radius 2 is 1.80 bits per heavy atom. The fourth-order valence-corrected chi connectivity index (χ4v) is 3.33. The van der Waals surface area contributed by atoms with Crippen LogP contribution in [0.15, 0.2) is 30.3 Å². The van der Waals surface area contributed by atoms with E-state index in [-0.39, 0.29) is 5.69 Å². The number of piperidine rings is 1. The van der Waals surface area contributed by atoms with Crippen molar-refractivity contribution in [2.45, 2.75) is 39.2 Å². The monoisotopic (exact) mass is 339 g/mol. The van der Waals surface area contributed by atoms with Crippen LogP contribution in [0.2, 0.25) is 0 Å². The van der Waals surface area contributed by atoms with Crippen LogP contribution in [0.4, 0.5) is 0 Å². The molecular weight excluding hydrogens is 314 g/mol. The third-order valence-corrected chi connectivity index (χ3v) is 4.84. The molecule has 25 heavy (non-hydrogen) atoms. The lowest BCUT2D eigenvalue weighted by molar-refractivity contribution is 0.0594. The first kappa shape index (κ1) is 17.5. The Labute approximate surface area is 149 Å². The van der Waals surface area contributed by atoms with E-state index in [0.29, 0.717) is 11.9 Å². The van der Waals surface area contributed by atoms with Gasteiger partial charge in [-0.05, 0) is 51.4 Å². The van der Waals surface area contributed by atoms with Gasteiger partial charge in [0.1, 0.15) is 0 Å². The Bertz CT molecular complexity index is 737. The maximum atomic E-state index is 11.7. The third kappa shape index (κ3) is 4.04. The van der Waals surface area contributed by atoms with Crippen LogP contribution in [0.3, 0.4) is 0 Å². The summed E-state index contributed by atoms with van der Waals surface area (Å²) in [4.78, 5) is 23.1. The van der Waals surface area contributed by atoms with E-state index in [1.807, 2.05) is 19.1 Å². The molecule has 1 atom stereocenters. The van der Waals surface area contributed by atoms with Gasteiger partial charge in [0.25, 0.3) is 0 Å². The Balaban J connectivity index is 1.82. The number of likely N-dealkylation sites (tertiary alicyclic amines) is 1. The Hall–Kier alpha value is -2.27. The average molecular weight is 339 g/mol. The molecule has 2 heterocycles. The van der Waals surface area contributed by atoms with E-state index in [9.17, 15) is 4.79 Å². The maximum absolute atomic E-state index is 11.7. The van der Waals surface area contributed by atoms with Gasteiger partial charge in [0.2, 0.25) is 0 Å². The first-order valence-corrected chi connectivity index (χ1v) is 8.87. The summed E-state index contributed by atoms with van der Waals surface area (Å²) < 4.78 is 4.77. The van der Waals surface area contributed by atoms with Crippen LogP contribution < -0.4 is 0 Å². The Morgan fingerprint density at radius 3 is 2.44 bits per heavy atom. The second-order valence-electron chi connectivity index (χ2n) is 6.60. The molecular formula is C20H25N3O2. The summed E-state index contributed by atoms with van der Waals surface area (Å²) in [5.74, 6) is 0.111. The van der Waals surface area contributed by atoms with E-state index in [1.165, 1.54) is 45.0 Å². The number of benzene rings is 1. The van der Waals surface area contributed by atoms with Crippen molar-refractivity contribution < 1.29 is 9.53 Å². The van der Waals surface area contributed by atoms with Gasteiger partial charge in [-0.15, -0.1) is 0 Å². The molecule has 3 rings (SSSR count). The summed E-state index contributed by atoms with van der Waals surface area (Å²) in [6.07, 6.45) is 3.92. The number of aromatic nitrogens is 2. The molecule has 5 nitrogen and oxygen atoms in total. The van der Waals surface area contributed by atoms with Gasteiger partial charge in [-0.1, -0.05) is 30.7 Å². The summed E-state index contributed by atoms with van der Waals surface area (Å²) in [5.41, 5.74) is 3.24. The number of hydrogen-bond acceptors (Lipinski definition) is 5. The number of ether oxygens (including phenoxy) is 1. The molecule has 1 aliphatic rings. The largest absolute Gasteiger partial charge is 0.464 e. The number of carbonyl (C=O) groups is 1. The number of nitrogens with zero attached hydrogens (tertiary/aromatic N) is 3. The van der Waals surface area contributed by atoms with Gasteiger partial charge >= 0.3 is 5.97 Å². The van der Waals surface area contributed by atoms with Crippen molar-refractivity contribution in [2.75, 3.05) is 20.2 Å². The predicted octanol–water partition coefficient (Wildman–Crippen LogP) is 3.79. The fraction of sp³-hybridized carbons (Fsp3) is 0.450. The van der Waals surface area contributed by atoms with Crippen LogP contribution in [-0.2, 0) is 4.74 Å². The summed E-state index contributed by atoms with van der Waals surface area (Å²) in [6.45, 7) is 6.46. The number of rotatable bonds is 4. The minimum absolute atomic E-state index is 0.288. The first-order valence-electron chi connectivity index (χ1n) is 8.87. The smallest absolute Gasteiger partial charge is 0.356 e. The molecule has 1 fully saturated rings. The molecule has 0 radical (unpaired) electrons. The van der Waals surface area contributed by atoms with Gasteiger partial charge in [-0.2, -0.15) is 0 Å². The van der Waals surface area contributed by atoms with Gasteiger partial charge in [0.05, 0.1) is 7.11 Å². The van der Waals surface area contributed by atoms with E-state index < -0.39 is 5.97 Å². The van der Waals surface area contributed by atoms with Gasteiger partial charge in [-0.3, -0.25) is 4.90 Å². The zero-order valence-electron chi connectivity index (χ0n) is 15.2. The molecule has 1 aromatic carbocycles. The topological polar surface area (TPSA) is 55.3 Å². The zero-order chi connectivity index (χ0) is 17.8. The minimum Gasteiger partial charge on any atom is -0.464 e. The molecule has 1 unspecified atom stereocenters. The van der Waals surface area contributed by atoms with Crippen molar-refractivity contribution in [1.29, 1.82) is 0 Å². The normalized spacial score (nSPS) is 16.4. The molecule has 0 amide bonds. The van der Waals surface area contributed by atoms with E-state index in [4.69, 9.17) is 4.74 Å². The molecule has 1 saturated heterocycles. The Kier molecular flexibility index (Phi) is 5.43.